The molecule has 0 aromatic heterocycles. The monoisotopic (exact) mass is 400 g/mol. The Morgan fingerprint density at radius 2 is 1.84 bits per heavy atom. The van der Waals surface area contributed by atoms with Crippen LogP contribution in [0, 0.1) is 0 Å². The summed E-state index contributed by atoms with van der Waals surface area (Å²) in [6.45, 7) is 0.365. The minimum atomic E-state index is -3.68. The van der Waals surface area contributed by atoms with Gasteiger partial charge in [-0.2, -0.15) is 0 Å². The lowest BCUT2D eigenvalue weighted by Crippen LogP contribution is -2.27. The number of hydrogen-bond donors (Lipinski definition) is 1. The summed E-state index contributed by atoms with van der Waals surface area (Å²) in [6.07, 6.45) is 1.74. The zero-order valence-corrected chi connectivity index (χ0v) is 15.8. The summed E-state index contributed by atoms with van der Waals surface area (Å²) in [7, 11) is -7.07. The molecule has 2 aromatic rings. The number of nitrogens with zero attached hydrogens (tertiary/aromatic N) is 1. The van der Waals surface area contributed by atoms with Crippen LogP contribution in [0.5, 0.6) is 0 Å². The normalized spacial score (nSPS) is 14.4. The first-order valence-electron chi connectivity index (χ1n) is 7.50. The molecule has 25 heavy (non-hydrogen) atoms. The molecular formula is C16H17ClN2O4S2. The molecule has 0 radical (unpaired) electrons. The molecule has 9 heteroatoms. The first kappa shape index (κ1) is 18.0. The maximum Gasteiger partial charge on any atom is 0.236 e. The van der Waals surface area contributed by atoms with Crippen LogP contribution < -0.4 is 9.03 Å². The van der Waals surface area contributed by atoms with E-state index >= 15 is 0 Å². The molecule has 0 amide bonds. The molecule has 134 valence electrons. The second kappa shape index (κ2) is 6.51. The Kier molecular flexibility index (Phi) is 4.70. The van der Waals surface area contributed by atoms with Crippen LogP contribution in [0.1, 0.15) is 11.1 Å². The lowest BCUT2D eigenvalue weighted by molar-refractivity contribution is 0.597. The molecule has 0 fully saturated rings. The van der Waals surface area contributed by atoms with Gasteiger partial charge in [0.2, 0.25) is 20.0 Å². The molecular weight excluding hydrogens is 384 g/mol. The molecule has 0 unspecified atom stereocenters. The van der Waals surface area contributed by atoms with Gasteiger partial charge in [-0.05, 0) is 35.7 Å². The van der Waals surface area contributed by atoms with Crippen molar-refractivity contribution < 1.29 is 16.8 Å². The summed E-state index contributed by atoms with van der Waals surface area (Å²) in [5.41, 5.74) is 2.21. The highest BCUT2D eigenvalue weighted by atomic mass is 35.5. The average molecular weight is 401 g/mol. The van der Waals surface area contributed by atoms with E-state index in [1.165, 1.54) is 4.31 Å². The van der Waals surface area contributed by atoms with Crippen molar-refractivity contribution in [3.8, 4) is 0 Å². The van der Waals surface area contributed by atoms with Gasteiger partial charge in [-0.3, -0.25) is 9.03 Å². The van der Waals surface area contributed by atoms with Gasteiger partial charge in [0.05, 0.1) is 23.4 Å². The topological polar surface area (TPSA) is 83.6 Å². The summed E-state index contributed by atoms with van der Waals surface area (Å²) in [6, 6.07) is 11.7. The predicted octanol–water partition coefficient (Wildman–Crippen LogP) is 2.60. The molecule has 0 saturated carbocycles. The fourth-order valence-electron chi connectivity index (χ4n) is 2.79. The molecule has 1 aliphatic heterocycles. The first-order valence-corrected chi connectivity index (χ1v) is 11.4. The second-order valence-electron chi connectivity index (χ2n) is 5.88. The molecule has 0 saturated heterocycles. The fraction of sp³-hybridized carbons (Fsp3) is 0.250. The summed E-state index contributed by atoms with van der Waals surface area (Å²) < 4.78 is 52.3. The highest BCUT2D eigenvalue weighted by Gasteiger charge is 2.26. The highest BCUT2D eigenvalue weighted by Crippen LogP contribution is 2.33. The lowest BCUT2D eigenvalue weighted by atomic mass is 10.1. The Balaban J connectivity index is 1.85. The number of rotatable bonds is 5. The van der Waals surface area contributed by atoms with Gasteiger partial charge in [0.15, 0.2) is 0 Å². The number of hydrogen-bond acceptors (Lipinski definition) is 4. The van der Waals surface area contributed by atoms with Crippen molar-refractivity contribution in [1.82, 2.24) is 0 Å². The fourth-order valence-corrected chi connectivity index (χ4v) is 5.25. The molecule has 1 N–H and O–H groups in total. The van der Waals surface area contributed by atoms with E-state index in [0.717, 1.165) is 11.8 Å². The number of sulfonamides is 2. The van der Waals surface area contributed by atoms with Gasteiger partial charge in [0.25, 0.3) is 0 Å². The molecule has 0 atom stereocenters. The Labute approximate surface area is 152 Å². The van der Waals surface area contributed by atoms with Crippen LogP contribution in [0.3, 0.4) is 0 Å². The average Bonchev–Trinajstić information content (AvgIpc) is 2.92. The summed E-state index contributed by atoms with van der Waals surface area (Å²) in [4.78, 5) is 0. The van der Waals surface area contributed by atoms with E-state index < -0.39 is 20.0 Å². The van der Waals surface area contributed by atoms with Crippen LogP contribution >= 0.6 is 11.6 Å². The Bertz CT molecular complexity index is 1020. The van der Waals surface area contributed by atoms with Crippen LogP contribution in [0.15, 0.2) is 42.5 Å². The SMILES string of the molecule is CS(=O)(=O)N1CCc2ccc(NS(=O)(=O)Cc3ccccc3Cl)cc21. The van der Waals surface area contributed by atoms with Gasteiger partial charge in [0, 0.05) is 11.6 Å². The van der Waals surface area contributed by atoms with Crippen molar-refractivity contribution in [2.75, 3.05) is 21.8 Å². The van der Waals surface area contributed by atoms with Crippen molar-refractivity contribution in [2.24, 2.45) is 0 Å². The Hall–Kier alpha value is -1.77. The number of benzene rings is 2. The maximum atomic E-state index is 12.4. The molecule has 1 heterocycles. The van der Waals surface area contributed by atoms with E-state index in [1.807, 2.05) is 0 Å². The highest BCUT2D eigenvalue weighted by molar-refractivity contribution is 7.92. The van der Waals surface area contributed by atoms with E-state index in [4.69, 9.17) is 11.6 Å². The molecule has 2 aromatic carbocycles. The number of nitrogens with one attached hydrogen (secondary N) is 1. The third-order valence-corrected chi connectivity index (χ3v) is 6.70. The quantitative estimate of drug-likeness (QED) is 0.836. The summed E-state index contributed by atoms with van der Waals surface area (Å²) in [5.74, 6) is -0.264. The third-order valence-electron chi connectivity index (χ3n) is 3.92. The zero-order valence-electron chi connectivity index (χ0n) is 13.4. The van der Waals surface area contributed by atoms with Gasteiger partial charge in [0.1, 0.15) is 0 Å². The lowest BCUT2D eigenvalue weighted by Gasteiger charge is -2.17. The summed E-state index contributed by atoms with van der Waals surface area (Å²) in [5, 5.41) is 0.380. The van der Waals surface area contributed by atoms with Crippen LogP contribution in [0.25, 0.3) is 0 Å². The van der Waals surface area contributed by atoms with Gasteiger partial charge in [-0.25, -0.2) is 16.8 Å². The maximum absolute atomic E-state index is 12.4. The van der Waals surface area contributed by atoms with E-state index in [-0.39, 0.29) is 5.75 Å². The van der Waals surface area contributed by atoms with Gasteiger partial charge < -0.3 is 0 Å². The summed E-state index contributed by atoms with van der Waals surface area (Å²) >= 11 is 6.01. The standard InChI is InChI=1S/C16H17ClN2O4S2/c1-24(20,21)19-9-8-12-6-7-14(10-16(12)19)18-25(22,23)11-13-4-2-3-5-15(13)17/h2-7,10,18H,8-9,11H2,1H3. The molecule has 6 nitrogen and oxygen atoms in total. The Morgan fingerprint density at radius 1 is 1.12 bits per heavy atom. The smallest absolute Gasteiger partial charge is 0.236 e. The molecule has 3 rings (SSSR count). The number of fused-ring (bicyclic) bond motifs is 1. The van der Waals surface area contributed by atoms with E-state index in [1.54, 1.807) is 42.5 Å². The van der Waals surface area contributed by atoms with Crippen LogP contribution in [0.2, 0.25) is 5.02 Å². The number of halogens is 1. The third kappa shape index (κ3) is 4.08. The van der Waals surface area contributed by atoms with Crippen molar-refractivity contribution in [3.63, 3.8) is 0 Å². The number of anilines is 2. The van der Waals surface area contributed by atoms with Gasteiger partial charge in [-0.15, -0.1) is 0 Å². The van der Waals surface area contributed by atoms with E-state index in [0.29, 0.717) is 34.9 Å². The van der Waals surface area contributed by atoms with Crippen LogP contribution in [-0.4, -0.2) is 29.6 Å². The van der Waals surface area contributed by atoms with Crippen molar-refractivity contribution in [2.45, 2.75) is 12.2 Å². The van der Waals surface area contributed by atoms with Gasteiger partial charge in [-0.1, -0.05) is 35.9 Å². The Morgan fingerprint density at radius 3 is 2.52 bits per heavy atom. The first-order chi connectivity index (χ1) is 11.7. The predicted molar refractivity (Wildman–Crippen MR) is 100 cm³/mol. The second-order valence-corrected chi connectivity index (χ2v) is 9.92. The molecule has 0 spiro atoms. The van der Waals surface area contributed by atoms with Crippen LogP contribution in [-0.2, 0) is 32.2 Å². The molecule has 0 bridgehead atoms. The minimum absolute atomic E-state index is 0.264. The van der Waals surface area contributed by atoms with Crippen molar-refractivity contribution in [1.29, 1.82) is 0 Å². The molecule has 1 aliphatic rings. The van der Waals surface area contributed by atoms with Crippen molar-refractivity contribution >= 4 is 43.0 Å². The minimum Gasteiger partial charge on any atom is -0.283 e. The van der Waals surface area contributed by atoms with Crippen molar-refractivity contribution in [3.05, 3.63) is 58.6 Å². The molecule has 0 aliphatic carbocycles. The van der Waals surface area contributed by atoms with E-state index in [2.05, 4.69) is 4.72 Å². The van der Waals surface area contributed by atoms with Crippen LogP contribution in [0.4, 0.5) is 11.4 Å². The largest absolute Gasteiger partial charge is 0.283 e. The van der Waals surface area contributed by atoms with Gasteiger partial charge >= 0.3 is 0 Å². The van der Waals surface area contributed by atoms with E-state index in [9.17, 15) is 16.8 Å². The zero-order chi connectivity index (χ0) is 18.2.